The molecular weight excluding hydrogens is 276 g/mol. The van der Waals surface area contributed by atoms with Crippen LogP contribution in [0, 0.1) is 10.1 Å². The van der Waals surface area contributed by atoms with Gasteiger partial charge in [-0.1, -0.05) is 0 Å². The van der Waals surface area contributed by atoms with Crippen molar-refractivity contribution in [2.75, 3.05) is 0 Å². The van der Waals surface area contributed by atoms with Crippen molar-refractivity contribution >= 4 is 11.6 Å². The van der Waals surface area contributed by atoms with Crippen molar-refractivity contribution in [2.24, 2.45) is 0 Å². The number of hydrogen-bond donors (Lipinski definition) is 2. The molecular formula is C14H20N2O5. The van der Waals surface area contributed by atoms with Crippen molar-refractivity contribution in [1.82, 2.24) is 5.32 Å². The van der Waals surface area contributed by atoms with Crippen LogP contribution in [0.5, 0.6) is 5.75 Å². The number of carbonyl (C=O) groups is 1. The smallest absolute Gasteiger partial charge is 0.270 e. The number of ether oxygens (including phenoxy) is 1. The maximum Gasteiger partial charge on any atom is 0.270 e. The molecule has 0 saturated heterocycles. The molecule has 1 aromatic carbocycles. The van der Waals surface area contributed by atoms with Crippen molar-refractivity contribution in [1.29, 1.82) is 0 Å². The van der Waals surface area contributed by atoms with Crippen molar-refractivity contribution in [2.45, 2.75) is 45.9 Å². The zero-order valence-electron chi connectivity index (χ0n) is 12.5. The summed E-state index contributed by atoms with van der Waals surface area (Å²) < 4.78 is 5.51. The van der Waals surface area contributed by atoms with Crippen LogP contribution in [0.4, 0.5) is 5.69 Å². The number of non-ortho nitro benzene ring substituents is 1. The Morgan fingerprint density at radius 2 is 1.95 bits per heavy atom. The number of nitro benzene ring substituents is 1. The predicted molar refractivity (Wildman–Crippen MR) is 77.1 cm³/mol. The summed E-state index contributed by atoms with van der Waals surface area (Å²) >= 11 is 0. The maximum atomic E-state index is 11.8. The normalized spacial score (nSPS) is 13.6. The summed E-state index contributed by atoms with van der Waals surface area (Å²) in [5, 5.41) is 23.2. The Kier molecular flexibility index (Phi) is 5.66. The lowest BCUT2D eigenvalue weighted by Gasteiger charge is -2.19. The lowest BCUT2D eigenvalue weighted by molar-refractivity contribution is -0.385. The first kappa shape index (κ1) is 16.9. The van der Waals surface area contributed by atoms with Crippen LogP contribution in [0.1, 0.15) is 39.4 Å². The van der Waals surface area contributed by atoms with Crippen LogP contribution in [0.15, 0.2) is 18.2 Å². The van der Waals surface area contributed by atoms with Gasteiger partial charge in [-0.25, -0.2) is 0 Å². The van der Waals surface area contributed by atoms with Crippen LogP contribution in [0.3, 0.4) is 0 Å². The van der Waals surface area contributed by atoms with E-state index in [0.29, 0.717) is 0 Å². The fourth-order valence-corrected chi connectivity index (χ4v) is 1.73. The number of nitrogens with zero attached hydrogens (tertiary/aromatic N) is 1. The summed E-state index contributed by atoms with van der Waals surface area (Å²) in [7, 11) is 0. The third-order valence-electron chi connectivity index (χ3n) is 2.76. The molecule has 21 heavy (non-hydrogen) atoms. The Morgan fingerprint density at radius 3 is 2.43 bits per heavy atom. The summed E-state index contributed by atoms with van der Waals surface area (Å²) in [5.74, 6) is -0.0399. The molecule has 2 N–H and O–H groups in total. The molecule has 0 fully saturated rings. The minimum atomic E-state index is -0.944. The van der Waals surface area contributed by atoms with Gasteiger partial charge in [-0.15, -0.1) is 0 Å². The van der Waals surface area contributed by atoms with Gasteiger partial charge in [0.1, 0.15) is 5.75 Å². The molecule has 7 heteroatoms. The number of nitrogens with one attached hydrogen (secondary N) is 1. The quantitative estimate of drug-likeness (QED) is 0.617. The molecule has 1 aromatic rings. The van der Waals surface area contributed by atoms with E-state index < -0.39 is 17.1 Å². The number of aliphatic hydroxyl groups excluding tert-OH is 1. The third-order valence-corrected chi connectivity index (χ3v) is 2.76. The molecule has 2 unspecified atom stereocenters. The number of hydrogen-bond acceptors (Lipinski definition) is 5. The molecule has 0 bridgehead atoms. The standard InChI is InChI=1S/C14H20N2O5/c1-8(2)15-14(18)10(4)21-13-6-5-11(16(19)20)7-12(13)9(3)17/h5-10,17H,1-4H3,(H,15,18). The fourth-order valence-electron chi connectivity index (χ4n) is 1.73. The number of benzene rings is 1. The number of aliphatic hydroxyl groups is 1. The summed E-state index contributed by atoms with van der Waals surface area (Å²) in [6, 6.07) is 3.89. The number of amides is 1. The molecule has 7 nitrogen and oxygen atoms in total. The van der Waals surface area contributed by atoms with Gasteiger partial charge in [-0.3, -0.25) is 14.9 Å². The number of nitro groups is 1. The molecule has 0 heterocycles. The molecule has 0 aromatic heterocycles. The molecule has 0 spiro atoms. The van der Waals surface area contributed by atoms with Gasteiger partial charge in [0, 0.05) is 23.7 Å². The maximum absolute atomic E-state index is 11.8. The van der Waals surface area contributed by atoms with E-state index in [1.54, 1.807) is 6.92 Å². The number of carbonyl (C=O) groups excluding carboxylic acids is 1. The van der Waals surface area contributed by atoms with Crippen LogP contribution >= 0.6 is 0 Å². The molecule has 1 rings (SSSR count). The molecule has 0 aliphatic carbocycles. The average molecular weight is 296 g/mol. The molecule has 1 amide bonds. The molecule has 0 saturated carbocycles. The van der Waals surface area contributed by atoms with E-state index in [9.17, 15) is 20.0 Å². The zero-order valence-corrected chi connectivity index (χ0v) is 12.5. The highest BCUT2D eigenvalue weighted by molar-refractivity contribution is 5.81. The van der Waals surface area contributed by atoms with Gasteiger partial charge in [0.15, 0.2) is 6.10 Å². The zero-order chi connectivity index (χ0) is 16.2. The van der Waals surface area contributed by atoms with Gasteiger partial charge in [-0.05, 0) is 33.8 Å². The predicted octanol–water partition coefficient (Wildman–Crippen LogP) is 1.94. The van der Waals surface area contributed by atoms with Crippen LogP contribution in [0.2, 0.25) is 0 Å². The van der Waals surface area contributed by atoms with Gasteiger partial charge in [0.25, 0.3) is 11.6 Å². The second-order valence-electron chi connectivity index (χ2n) is 5.08. The van der Waals surface area contributed by atoms with Crippen LogP contribution in [-0.4, -0.2) is 28.1 Å². The summed E-state index contributed by atoms with van der Waals surface area (Å²) in [5.41, 5.74) is 0.130. The summed E-state index contributed by atoms with van der Waals surface area (Å²) in [4.78, 5) is 22.0. The Balaban J connectivity index is 2.97. The van der Waals surface area contributed by atoms with Crippen LogP contribution in [0.25, 0.3) is 0 Å². The van der Waals surface area contributed by atoms with E-state index in [1.807, 2.05) is 13.8 Å². The first-order valence-corrected chi connectivity index (χ1v) is 6.65. The Morgan fingerprint density at radius 1 is 1.33 bits per heavy atom. The lowest BCUT2D eigenvalue weighted by Crippen LogP contribution is -2.40. The molecule has 0 radical (unpaired) electrons. The molecule has 0 aliphatic rings. The highest BCUT2D eigenvalue weighted by Gasteiger charge is 2.20. The Bertz CT molecular complexity index is 528. The highest BCUT2D eigenvalue weighted by Crippen LogP contribution is 2.30. The van der Waals surface area contributed by atoms with E-state index in [2.05, 4.69) is 5.32 Å². The minimum absolute atomic E-state index is 0.0170. The Hall–Kier alpha value is -2.15. The first-order chi connectivity index (χ1) is 9.72. The third kappa shape index (κ3) is 4.71. The van der Waals surface area contributed by atoms with Crippen molar-refractivity contribution in [3.05, 3.63) is 33.9 Å². The highest BCUT2D eigenvalue weighted by atomic mass is 16.6. The second-order valence-corrected chi connectivity index (χ2v) is 5.08. The molecule has 0 aliphatic heterocycles. The van der Waals surface area contributed by atoms with Crippen molar-refractivity contribution in [3.8, 4) is 5.75 Å². The molecule has 2 atom stereocenters. The Labute approximate surface area is 123 Å². The largest absolute Gasteiger partial charge is 0.481 e. The summed E-state index contributed by atoms with van der Waals surface area (Å²) in [6.07, 6.45) is -1.72. The topological polar surface area (TPSA) is 102 Å². The molecule has 116 valence electrons. The van der Waals surface area contributed by atoms with Crippen molar-refractivity contribution in [3.63, 3.8) is 0 Å². The van der Waals surface area contributed by atoms with Crippen LogP contribution < -0.4 is 10.1 Å². The van der Waals surface area contributed by atoms with E-state index in [0.717, 1.165) is 0 Å². The van der Waals surface area contributed by atoms with Gasteiger partial charge in [0.05, 0.1) is 11.0 Å². The fraction of sp³-hybridized carbons (Fsp3) is 0.500. The van der Waals surface area contributed by atoms with E-state index in [-0.39, 0.29) is 28.9 Å². The van der Waals surface area contributed by atoms with E-state index in [4.69, 9.17) is 4.74 Å². The van der Waals surface area contributed by atoms with E-state index >= 15 is 0 Å². The monoisotopic (exact) mass is 296 g/mol. The first-order valence-electron chi connectivity index (χ1n) is 6.65. The van der Waals surface area contributed by atoms with Gasteiger partial charge in [0.2, 0.25) is 0 Å². The van der Waals surface area contributed by atoms with Gasteiger partial charge in [-0.2, -0.15) is 0 Å². The van der Waals surface area contributed by atoms with Gasteiger partial charge < -0.3 is 15.2 Å². The number of rotatable bonds is 6. The average Bonchev–Trinajstić information content (AvgIpc) is 2.37. The SMILES string of the molecule is CC(C)NC(=O)C(C)Oc1ccc([N+](=O)[O-])cc1C(C)O. The van der Waals surface area contributed by atoms with Crippen LogP contribution in [-0.2, 0) is 4.79 Å². The minimum Gasteiger partial charge on any atom is -0.481 e. The second kappa shape index (κ2) is 7.03. The summed E-state index contributed by atoms with van der Waals surface area (Å²) in [6.45, 7) is 6.71. The van der Waals surface area contributed by atoms with Crippen molar-refractivity contribution < 1.29 is 19.6 Å². The van der Waals surface area contributed by atoms with Gasteiger partial charge >= 0.3 is 0 Å². The lowest BCUT2D eigenvalue weighted by atomic mass is 10.1. The van der Waals surface area contributed by atoms with E-state index in [1.165, 1.54) is 25.1 Å².